The van der Waals surface area contributed by atoms with Crippen LogP contribution in [0.3, 0.4) is 0 Å². The molecule has 0 amide bonds. The number of alkyl halides is 3. The van der Waals surface area contributed by atoms with Gasteiger partial charge in [-0.2, -0.15) is 8.78 Å². The van der Waals surface area contributed by atoms with E-state index in [0.717, 1.165) is 0 Å². The average Bonchev–Trinajstić information content (AvgIpc) is 2.31. The second kappa shape index (κ2) is 6.16. The molecule has 0 heterocycles. The highest BCUT2D eigenvalue weighted by Gasteiger charge is 2.63. The minimum absolute atomic E-state index is 0.160. The molecular formula is C13H15ClF4O2. The summed E-state index contributed by atoms with van der Waals surface area (Å²) in [4.78, 5) is 11.0. The molecule has 1 aliphatic rings. The Labute approximate surface area is 119 Å². The van der Waals surface area contributed by atoms with Gasteiger partial charge in [0.2, 0.25) is 0 Å². The summed E-state index contributed by atoms with van der Waals surface area (Å²) in [6, 6.07) is 0. The molecule has 1 N–H and O–H groups in total. The number of hydrogen-bond donors (Lipinski definition) is 1. The Balaban J connectivity index is 3.04. The van der Waals surface area contributed by atoms with Crippen LogP contribution in [-0.4, -0.2) is 22.7 Å². The maximum absolute atomic E-state index is 14.6. The van der Waals surface area contributed by atoms with Gasteiger partial charge >= 0.3 is 11.9 Å². The van der Waals surface area contributed by atoms with Gasteiger partial charge in [-0.15, -0.1) is 6.58 Å². The molecule has 0 aromatic carbocycles. The molecule has 2 atom stereocenters. The molecule has 0 bridgehead atoms. The topological polar surface area (TPSA) is 37.3 Å². The monoisotopic (exact) mass is 314 g/mol. The molecule has 2 unspecified atom stereocenters. The average molecular weight is 315 g/mol. The molecule has 1 rings (SSSR count). The van der Waals surface area contributed by atoms with Crippen molar-refractivity contribution in [2.75, 3.05) is 0 Å². The fraction of sp³-hybridized carbons (Fsp3) is 0.615. The van der Waals surface area contributed by atoms with E-state index in [0.29, 0.717) is 12.8 Å². The summed E-state index contributed by atoms with van der Waals surface area (Å²) in [6.07, 6.45) is 1.24. The highest BCUT2D eigenvalue weighted by Crippen LogP contribution is 2.53. The van der Waals surface area contributed by atoms with Crippen LogP contribution in [-0.2, 0) is 4.79 Å². The predicted octanol–water partition coefficient (Wildman–Crippen LogP) is 4.60. The molecule has 0 spiro atoms. The summed E-state index contributed by atoms with van der Waals surface area (Å²) in [7, 11) is 0. The first kappa shape index (κ1) is 17.0. The Bertz CT molecular complexity index is 436. The number of allylic oxidation sites excluding steroid dienone is 3. The zero-order valence-corrected chi connectivity index (χ0v) is 11.4. The van der Waals surface area contributed by atoms with Crippen LogP contribution < -0.4 is 0 Å². The Morgan fingerprint density at radius 2 is 2.05 bits per heavy atom. The molecule has 114 valence electrons. The summed E-state index contributed by atoms with van der Waals surface area (Å²) in [6.45, 7) is 3.46. The molecule has 0 saturated carbocycles. The van der Waals surface area contributed by atoms with Crippen molar-refractivity contribution < 1.29 is 27.5 Å². The van der Waals surface area contributed by atoms with E-state index in [-0.39, 0.29) is 6.42 Å². The van der Waals surface area contributed by atoms with E-state index in [1.165, 1.54) is 0 Å². The van der Waals surface area contributed by atoms with Crippen LogP contribution in [0.5, 0.6) is 0 Å². The van der Waals surface area contributed by atoms with Crippen LogP contribution >= 0.6 is 11.6 Å². The Hall–Kier alpha value is -1.04. The molecule has 7 heteroatoms. The van der Waals surface area contributed by atoms with Crippen molar-refractivity contribution in [1.82, 2.24) is 0 Å². The van der Waals surface area contributed by atoms with Gasteiger partial charge in [0.1, 0.15) is 16.5 Å². The first-order valence-electron chi connectivity index (χ1n) is 6.12. The first-order chi connectivity index (χ1) is 9.16. The fourth-order valence-electron chi connectivity index (χ4n) is 2.39. The van der Waals surface area contributed by atoms with Gasteiger partial charge < -0.3 is 5.11 Å². The van der Waals surface area contributed by atoms with Crippen LogP contribution in [0.1, 0.15) is 32.1 Å². The fourth-order valence-corrected chi connectivity index (χ4v) is 2.56. The highest BCUT2D eigenvalue weighted by molar-refractivity contribution is 6.31. The van der Waals surface area contributed by atoms with Gasteiger partial charge in [0, 0.05) is 6.42 Å². The van der Waals surface area contributed by atoms with Gasteiger partial charge in [-0.25, -0.2) is 8.78 Å². The molecule has 0 aromatic heterocycles. The number of carbonyl (C=O) groups is 1. The molecule has 0 fully saturated rings. The van der Waals surface area contributed by atoms with Crippen LogP contribution in [0.25, 0.3) is 0 Å². The Kier molecular flexibility index (Phi) is 5.24. The van der Waals surface area contributed by atoms with Gasteiger partial charge in [-0.05, 0) is 25.7 Å². The maximum atomic E-state index is 14.6. The second-order valence-electron chi connectivity index (χ2n) is 4.86. The SMILES string of the molecule is C=CCCCCC1(F)CC(F)=C(Cl)C(F)(F)C1C(=O)O. The maximum Gasteiger partial charge on any atom is 0.316 e. The van der Waals surface area contributed by atoms with Crippen molar-refractivity contribution in [2.24, 2.45) is 5.92 Å². The van der Waals surface area contributed by atoms with Crippen LogP contribution in [0.2, 0.25) is 0 Å². The van der Waals surface area contributed by atoms with Crippen molar-refractivity contribution >= 4 is 17.6 Å². The molecule has 2 nitrogen and oxygen atoms in total. The van der Waals surface area contributed by atoms with E-state index in [1.54, 1.807) is 6.08 Å². The molecule has 0 aliphatic heterocycles. The number of halogens is 5. The van der Waals surface area contributed by atoms with Crippen molar-refractivity contribution in [3.63, 3.8) is 0 Å². The predicted molar refractivity (Wildman–Crippen MR) is 67.2 cm³/mol. The molecule has 0 radical (unpaired) electrons. The van der Waals surface area contributed by atoms with E-state index in [9.17, 15) is 22.4 Å². The zero-order valence-electron chi connectivity index (χ0n) is 10.6. The molecule has 0 saturated heterocycles. The summed E-state index contributed by atoms with van der Waals surface area (Å²) in [5.41, 5.74) is -2.85. The smallest absolute Gasteiger partial charge is 0.316 e. The lowest BCUT2D eigenvalue weighted by Crippen LogP contribution is -2.52. The number of carboxylic acids is 1. The molecular weight excluding hydrogens is 300 g/mol. The number of unbranched alkanes of at least 4 members (excludes halogenated alkanes) is 2. The molecule has 1 aliphatic carbocycles. The standard InChI is InChI=1S/C13H15ClF4O2/c1-2-3-4-5-6-12(16)7-8(15)10(14)13(17,18)9(12)11(19)20/h2,9H,1,3-7H2,(H,19,20). The lowest BCUT2D eigenvalue weighted by Gasteiger charge is -2.39. The zero-order chi connectivity index (χ0) is 15.6. The quantitative estimate of drug-likeness (QED) is 0.442. The Morgan fingerprint density at radius 3 is 2.55 bits per heavy atom. The summed E-state index contributed by atoms with van der Waals surface area (Å²) in [5.74, 6) is -10.4. The summed E-state index contributed by atoms with van der Waals surface area (Å²) >= 11 is 5.12. The third-order valence-electron chi connectivity index (χ3n) is 3.36. The van der Waals surface area contributed by atoms with Crippen LogP contribution in [0, 0.1) is 5.92 Å². The van der Waals surface area contributed by atoms with Gasteiger partial charge in [-0.3, -0.25) is 4.79 Å². The third-order valence-corrected chi connectivity index (χ3v) is 3.81. The minimum atomic E-state index is -4.25. The van der Waals surface area contributed by atoms with Gasteiger partial charge in [0.25, 0.3) is 0 Å². The number of aliphatic carboxylic acids is 1. The van der Waals surface area contributed by atoms with Crippen LogP contribution in [0.15, 0.2) is 23.5 Å². The van der Waals surface area contributed by atoms with Crippen molar-refractivity contribution in [3.8, 4) is 0 Å². The van der Waals surface area contributed by atoms with Crippen molar-refractivity contribution in [3.05, 3.63) is 23.5 Å². The number of rotatable bonds is 6. The second-order valence-corrected chi connectivity index (χ2v) is 5.24. The number of hydrogen-bond acceptors (Lipinski definition) is 1. The lowest BCUT2D eigenvalue weighted by molar-refractivity contribution is -0.170. The largest absolute Gasteiger partial charge is 0.481 e. The van der Waals surface area contributed by atoms with E-state index in [2.05, 4.69) is 6.58 Å². The van der Waals surface area contributed by atoms with Crippen LogP contribution in [0.4, 0.5) is 17.6 Å². The Morgan fingerprint density at radius 1 is 1.45 bits per heavy atom. The summed E-state index contributed by atoms with van der Waals surface area (Å²) in [5, 5.41) is 7.37. The van der Waals surface area contributed by atoms with Gasteiger partial charge in [0.15, 0.2) is 5.92 Å². The molecule has 0 aromatic rings. The lowest BCUT2D eigenvalue weighted by atomic mass is 9.74. The summed E-state index contributed by atoms with van der Waals surface area (Å²) < 4.78 is 55.5. The van der Waals surface area contributed by atoms with E-state index in [4.69, 9.17) is 16.7 Å². The third kappa shape index (κ3) is 3.16. The molecule has 20 heavy (non-hydrogen) atoms. The van der Waals surface area contributed by atoms with E-state index >= 15 is 0 Å². The van der Waals surface area contributed by atoms with Gasteiger partial charge in [-0.1, -0.05) is 17.7 Å². The van der Waals surface area contributed by atoms with Gasteiger partial charge in [0.05, 0.1) is 0 Å². The van der Waals surface area contributed by atoms with E-state index in [1.807, 2.05) is 0 Å². The minimum Gasteiger partial charge on any atom is -0.481 e. The normalized spacial score (nSPS) is 29.4. The number of carboxylic acid groups (broad SMARTS) is 1. The van der Waals surface area contributed by atoms with Crippen molar-refractivity contribution in [2.45, 2.75) is 43.7 Å². The van der Waals surface area contributed by atoms with E-state index < -0.39 is 47.2 Å². The van der Waals surface area contributed by atoms with Crippen molar-refractivity contribution in [1.29, 1.82) is 0 Å². The highest BCUT2D eigenvalue weighted by atomic mass is 35.5. The first-order valence-corrected chi connectivity index (χ1v) is 6.49.